The van der Waals surface area contributed by atoms with Gasteiger partial charge in [0.15, 0.2) is 0 Å². The zero-order valence-corrected chi connectivity index (χ0v) is 8.55. The summed E-state index contributed by atoms with van der Waals surface area (Å²) in [6.07, 6.45) is 4.45. The molecule has 2 rings (SSSR count). The van der Waals surface area contributed by atoms with Gasteiger partial charge in [-0.25, -0.2) is 9.97 Å². The van der Waals surface area contributed by atoms with Gasteiger partial charge in [-0.1, -0.05) is 23.2 Å². The number of hydrogen-bond donors (Lipinski definition) is 0. The molecule has 0 fully saturated rings. The van der Waals surface area contributed by atoms with E-state index in [-0.39, 0.29) is 0 Å². The Morgan fingerprint density at radius 3 is 2.57 bits per heavy atom. The number of hydrogen-bond acceptors (Lipinski definition) is 2. The van der Waals surface area contributed by atoms with E-state index in [1.807, 2.05) is 12.1 Å². The van der Waals surface area contributed by atoms with Crippen molar-refractivity contribution in [1.82, 2.24) is 9.97 Å². The first-order chi connectivity index (χ1) is 6.75. The topological polar surface area (TPSA) is 25.8 Å². The van der Waals surface area contributed by atoms with Crippen LogP contribution in [0.2, 0.25) is 10.3 Å². The molecule has 4 heteroatoms. The van der Waals surface area contributed by atoms with Gasteiger partial charge >= 0.3 is 0 Å². The summed E-state index contributed by atoms with van der Waals surface area (Å²) in [6, 6.07) is 7.14. The van der Waals surface area contributed by atoms with E-state index in [0.717, 1.165) is 11.1 Å². The molecular weight excluding hydrogens is 219 g/mol. The van der Waals surface area contributed by atoms with Crippen LogP contribution in [0.3, 0.4) is 0 Å². The van der Waals surface area contributed by atoms with Gasteiger partial charge in [0, 0.05) is 11.8 Å². The summed E-state index contributed by atoms with van der Waals surface area (Å²) in [5.74, 6) is 0. The van der Waals surface area contributed by atoms with Gasteiger partial charge in [-0.05, 0) is 29.8 Å². The third kappa shape index (κ3) is 2.03. The van der Waals surface area contributed by atoms with E-state index in [2.05, 4.69) is 16.2 Å². The molecule has 14 heavy (non-hydrogen) atoms. The molecule has 0 aliphatic rings. The molecule has 0 amide bonds. The monoisotopic (exact) mass is 223 g/mol. The average Bonchev–Trinajstić information content (AvgIpc) is 2.19. The van der Waals surface area contributed by atoms with E-state index in [1.165, 1.54) is 0 Å². The minimum Gasteiger partial charge on any atom is -0.245 e. The molecule has 0 spiro atoms. The molecule has 0 aliphatic heterocycles. The SMILES string of the molecule is Clc1ccc(-c2ccnc(Cl)c2)[c]n1. The molecular formula is C10H5Cl2N2. The lowest BCUT2D eigenvalue weighted by Gasteiger charge is -1.99. The van der Waals surface area contributed by atoms with E-state index < -0.39 is 0 Å². The first kappa shape index (κ1) is 9.44. The van der Waals surface area contributed by atoms with Crippen LogP contribution in [0.5, 0.6) is 0 Å². The minimum absolute atomic E-state index is 0.425. The third-order valence-corrected chi connectivity index (χ3v) is 2.13. The Morgan fingerprint density at radius 2 is 1.93 bits per heavy atom. The van der Waals surface area contributed by atoms with Crippen LogP contribution in [0.1, 0.15) is 0 Å². The Kier molecular flexibility index (Phi) is 2.66. The number of nitrogens with zero attached hydrogens (tertiary/aromatic N) is 2. The van der Waals surface area contributed by atoms with Gasteiger partial charge in [0.05, 0.1) is 6.20 Å². The highest BCUT2D eigenvalue weighted by molar-refractivity contribution is 6.30. The van der Waals surface area contributed by atoms with Crippen molar-refractivity contribution < 1.29 is 0 Å². The second kappa shape index (κ2) is 3.95. The number of pyridine rings is 2. The van der Waals surface area contributed by atoms with Crippen LogP contribution < -0.4 is 0 Å². The Labute approximate surface area is 91.5 Å². The number of halogens is 2. The molecule has 0 atom stereocenters. The maximum Gasteiger partial charge on any atom is 0.129 e. The zero-order valence-electron chi connectivity index (χ0n) is 7.04. The van der Waals surface area contributed by atoms with Crippen LogP contribution in [0.15, 0.2) is 30.5 Å². The van der Waals surface area contributed by atoms with Crippen molar-refractivity contribution in [1.29, 1.82) is 0 Å². The Bertz CT molecular complexity index is 440. The second-order valence-electron chi connectivity index (χ2n) is 2.66. The van der Waals surface area contributed by atoms with Crippen molar-refractivity contribution >= 4 is 23.2 Å². The van der Waals surface area contributed by atoms with Crippen LogP contribution in [0.4, 0.5) is 0 Å². The van der Waals surface area contributed by atoms with Crippen molar-refractivity contribution in [2.45, 2.75) is 0 Å². The van der Waals surface area contributed by atoms with Gasteiger partial charge in [-0.2, -0.15) is 0 Å². The van der Waals surface area contributed by atoms with Gasteiger partial charge in [-0.3, -0.25) is 0 Å². The lowest BCUT2D eigenvalue weighted by Crippen LogP contribution is -1.82. The maximum absolute atomic E-state index is 5.75. The van der Waals surface area contributed by atoms with Gasteiger partial charge in [0.1, 0.15) is 10.3 Å². The highest BCUT2D eigenvalue weighted by Gasteiger charge is 1.99. The Hall–Kier alpha value is -1.12. The van der Waals surface area contributed by atoms with E-state index in [1.54, 1.807) is 18.3 Å². The van der Waals surface area contributed by atoms with Gasteiger partial charge in [0.2, 0.25) is 0 Å². The molecule has 0 unspecified atom stereocenters. The van der Waals surface area contributed by atoms with Crippen LogP contribution in [0.25, 0.3) is 11.1 Å². The fourth-order valence-electron chi connectivity index (χ4n) is 1.07. The zero-order chi connectivity index (χ0) is 9.97. The van der Waals surface area contributed by atoms with Crippen LogP contribution in [-0.2, 0) is 0 Å². The molecule has 0 saturated carbocycles. The van der Waals surface area contributed by atoms with Gasteiger partial charge in [-0.15, -0.1) is 0 Å². The summed E-state index contributed by atoms with van der Waals surface area (Å²) in [6.45, 7) is 0. The molecule has 2 aromatic rings. The second-order valence-corrected chi connectivity index (χ2v) is 3.44. The van der Waals surface area contributed by atoms with Gasteiger partial charge in [0.25, 0.3) is 0 Å². The lowest BCUT2D eigenvalue weighted by atomic mass is 10.1. The summed E-state index contributed by atoms with van der Waals surface area (Å²) in [4.78, 5) is 7.75. The lowest BCUT2D eigenvalue weighted by molar-refractivity contribution is 1.29. The molecule has 2 aromatic heterocycles. The molecule has 0 aromatic carbocycles. The molecule has 2 nitrogen and oxygen atoms in total. The Balaban J connectivity index is 2.44. The molecule has 0 saturated heterocycles. The van der Waals surface area contributed by atoms with Crippen molar-refractivity contribution in [3.8, 4) is 11.1 Å². The van der Waals surface area contributed by atoms with Crippen LogP contribution in [0, 0.1) is 6.20 Å². The highest BCUT2D eigenvalue weighted by atomic mass is 35.5. The predicted molar refractivity (Wildman–Crippen MR) is 56.3 cm³/mol. The van der Waals surface area contributed by atoms with Crippen molar-refractivity contribution in [3.05, 3.63) is 47.0 Å². The normalized spacial score (nSPS) is 10.1. The van der Waals surface area contributed by atoms with Crippen molar-refractivity contribution in [3.63, 3.8) is 0 Å². The molecule has 69 valence electrons. The molecule has 1 radical (unpaired) electrons. The van der Waals surface area contributed by atoms with Crippen molar-refractivity contribution in [2.24, 2.45) is 0 Å². The third-order valence-electron chi connectivity index (χ3n) is 1.71. The summed E-state index contributed by atoms with van der Waals surface area (Å²) in [5.41, 5.74) is 1.77. The fourth-order valence-corrected chi connectivity index (χ4v) is 1.35. The molecule has 0 N–H and O–H groups in total. The highest BCUT2D eigenvalue weighted by Crippen LogP contribution is 2.20. The van der Waals surface area contributed by atoms with E-state index in [9.17, 15) is 0 Å². The summed E-state index contributed by atoms with van der Waals surface area (Å²) in [7, 11) is 0. The molecule has 2 heterocycles. The predicted octanol–water partition coefficient (Wildman–Crippen LogP) is 3.25. The fraction of sp³-hybridized carbons (Fsp3) is 0. The smallest absolute Gasteiger partial charge is 0.129 e. The summed E-state index contributed by atoms with van der Waals surface area (Å²) >= 11 is 11.4. The van der Waals surface area contributed by atoms with Crippen LogP contribution in [-0.4, -0.2) is 9.97 Å². The number of aromatic nitrogens is 2. The maximum atomic E-state index is 5.75. The number of rotatable bonds is 1. The quantitative estimate of drug-likeness (QED) is 0.694. The first-order valence-corrected chi connectivity index (χ1v) is 4.67. The van der Waals surface area contributed by atoms with E-state index in [0.29, 0.717) is 10.3 Å². The molecule has 0 aliphatic carbocycles. The standard InChI is InChI=1S/C10H5Cl2N2/c11-9-2-1-8(6-14-9)7-3-4-13-10(12)5-7/h1-5H. The summed E-state index contributed by atoms with van der Waals surface area (Å²) in [5, 5.41) is 0.875. The Morgan fingerprint density at radius 1 is 1.07 bits per heavy atom. The van der Waals surface area contributed by atoms with Gasteiger partial charge < -0.3 is 0 Å². The largest absolute Gasteiger partial charge is 0.245 e. The molecule has 0 bridgehead atoms. The minimum atomic E-state index is 0.425. The average molecular weight is 224 g/mol. The van der Waals surface area contributed by atoms with E-state index >= 15 is 0 Å². The first-order valence-electron chi connectivity index (χ1n) is 3.92. The summed E-state index contributed by atoms with van der Waals surface area (Å²) < 4.78 is 0. The van der Waals surface area contributed by atoms with E-state index in [4.69, 9.17) is 23.2 Å². The van der Waals surface area contributed by atoms with Crippen LogP contribution >= 0.6 is 23.2 Å². The van der Waals surface area contributed by atoms with Crippen molar-refractivity contribution in [2.75, 3.05) is 0 Å².